The molecule has 1 unspecified atom stereocenters. The number of thioether (sulfide) groups is 1. The van der Waals surface area contributed by atoms with Gasteiger partial charge in [-0.1, -0.05) is 0 Å². The number of aryl methyl sites for hydroxylation is 1. The van der Waals surface area contributed by atoms with Gasteiger partial charge in [-0.15, -0.1) is 36.6 Å². The summed E-state index contributed by atoms with van der Waals surface area (Å²) in [4.78, 5) is 15.7. The van der Waals surface area contributed by atoms with Crippen LogP contribution in [0.2, 0.25) is 0 Å². The summed E-state index contributed by atoms with van der Waals surface area (Å²) >= 11 is 1.74. The fraction of sp³-hybridized carbons (Fsp3) is 0.400. The van der Waals surface area contributed by atoms with Gasteiger partial charge in [0.1, 0.15) is 0 Å². The Balaban J connectivity index is 0.00000128. The Labute approximate surface area is 117 Å². The van der Waals surface area contributed by atoms with Crippen LogP contribution in [0.5, 0.6) is 0 Å². The second kappa shape index (κ2) is 7.76. The molecule has 1 aliphatic heterocycles. The van der Waals surface area contributed by atoms with Crippen molar-refractivity contribution in [1.82, 2.24) is 10.3 Å². The first kappa shape index (κ1) is 16.5. The fourth-order valence-corrected chi connectivity index (χ4v) is 2.32. The molecular weight excluding hydrogens is 281 g/mol. The number of hydrogen-bond donors (Lipinski definition) is 2. The number of amides is 1. The topological polar surface area (TPSA) is 54.0 Å². The molecule has 0 bridgehead atoms. The minimum Gasteiger partial charge on any atom is -0.323 e. The SMILES string of the molecule is Cc1ccncc1NC(=O)C1CSCN1.Cl.Cl. The summed E-state index contributed by atoms with van der Waals surface area (Å²) in [7, 11) is 0. The lowest BCUT2D eigenvalue weighted by atomic mass is 10.2. The van der Waals surface area contributed by atoms with Crippen molar-refractivity contribution in [1.29, 1.82) is 0 Å². The van der Waals surface area contributed by atoms with Crippen molar-refractivity contribution < 1.29 is 4.79 Å². The minimum absolute atomic E-state index is 0. The molecule has 0 spiro atoms. The molecule has 1 saturated heterocycles. The lowest BCUT2D eigenvalue weighted by molar-refractivity contribution is -0.117. The van der Waals surface area contributed by atoms with Crippen LogP contribution in [0.3, 0.4) is 0 Å². The summed E-state index contributed by atoms with van der Waals surface area (Å²) in [6, 6.07) is 1.81. The maximum Gasteiger partial charge on any atom is 0.242 e. The highest BCUT2D eigenvalue weighted by Crippen LogP contribution is 2.14. The molecule has 0 saturated carbocycles. The van der Waals surface area contributed by atoms with Crippen molar-refractivity contribution in [2.75, 3.05) is 16.9 Å². The van der Waals surface area contributed by atoms with Crippen LogP contribution in [-0.2, 0) is 4.79 Å². The first-order valence-corrected chi connectivity index (χ1v) is 5.95. The molecule has 1 amide bonds. The number of aromatic nitrogens is 1. The molecule has 2 heterocycles. The summed E-state index contributed by atoms with van der Waals surface area (Å²) in [6.07, 6.45) is 3.39. The predicted molar refractivity (Wildman–Crippen MR) is 76.3 cm³/mol. The van der Waals surface area contributed by atoms with E-state index >= 15 is 0 Å². The quantitative estimate of drug-likeness (QED) is 0.874. The van der Waals surface area contributed by atoms with Gasteiger partial charge in [-0.25, -0.2) is 0 Å². The number of pyridine rings is 1. The third-order valence-electron chi connectivity index (χ3n) is 2.33. The van der Waals surface area contributed by atoms with E-state index in [2.05, 4.69) is 15.6 Å². The second-order valence-electron chi connectivity index (χ2n) is 3.45. The Bertz CT molecular complexity index is 372. The monoisotopic (exact) mass is 295 g/mol. The molecule has 2 N–H and O–H groups in total. The highest BCUT2D eigenvalue weighted by atomic mass is 35.5. The van der Waals surface area contributed by atoms with Gasteiger partial charge in [-0.2, -0.15) is 0 Å². The number of rotatable bonds is 2. The number of hydrogen-bond acceptors (Lipinski definition) is 4. The maximum absolute atomic E-state index is 11.8. The predicted octanol–water partition coefficient (Wildman–Crippen LogP) is 1.83. The maximum atomic E-state index is 11.8. The zero-order valence-electron chi connectivity index (χ0n) is 9.30. The summed E-state index contributed by atoms with van der Waals surface area (Å²) in [5.41, 5.74) is 1.82. The Morgan fingerprint density at radius 1 is 1.59 bits per heavy atom. The van der Waals surface area contributed by atoms with Crippen LogP contribution >= 0.6 is 36.6 Å². The normalized spacial score (nSPS) is 17.8. The zero-order chi connectivity index (χ0) is 10.7. The zero-order valence-corrected chi connectivity index (χ0v) is 11.8. The number of anilines is 1. The number of carbonyl (C=O) groups is 1. The fourth-order valence-electron chi connectivity index (χ4n) is 1.38. The van der Waals surface area contributed by atoms with Gasteiger partial charge >= 0.3 is 0 Å². The molecule has 96 valence electrons. The largest absolute Gasteiger partial charge is 0.323 e. The highest BCUT2D eigenvalue weighted by molar-refractivity contribution is 7.99. The molecule has 0 aliphatic carbocycles. The Morgan fingerprint density at radius 2 is 2.35 bits per heavy atom. The van der Waals surface area contributed by atoms with E-state index in [0.29, 0.717) is 0 Å². The lowest BCUT2D eigenvalue weighted by Crippen LogP contribution is -2.37. The molecule has 1 aromatic rings. The smallest absolute Gasteiger partial charge is 0.242 e. The number of nitrogens with zero attached hydrogens (tertiary/aromatic N) is 1. The summed E-state index contributed by atoms with van der Waals surface area (Å²) < 4.78 is 0. The van der Waals surface area contributed by atoms with Crippen LogP contribution in [-0.4, -0.2) is 28.6 Å². The standard InChI is InChI=1S/C10H13N3OS.2ClH/c1-7-2-3-11-4-8(7)13-10(14)9-5-15-6-12-9;;/h2-4,9,12H,5-6H2,1H3,(H,13,14);2*1H. The summed E-state index contributed by atoms with van der Waals surface area (Å²) in [6.45, 7) is 1.95. The molecule has 1 atom stereocenters. The number of halogens is 2. The van der Waals surface area contributed by atoms with Gasteiger partial charge in [0.25, 0.3) is 0 Å². The van der Waals surface area contributed by atoms with Crippen molar-refractivity contribution in [2.45, 2.75) is 13.0 Å². The van der Waals surface area contributed by atoms with Crippen molar-refractivity contribution in [3.63, 3.8) is 0 Å². The molecule has 2 rings (SSSR count). The van der Waals surface area contributed by atoms with Gasteiger partial charge in [-0.05, 0) is 18.6 Å². The van der Waals surface area contributed by atoms with Gasteiger partial charge in [0.05, 0.1) is 17.9 Å². The van der Waals surface area contributed by atoms with Gasteiger partial charge in [0.2, 0.25) is 5.91 Å². The highest BCUT2D eigenvalue weighted by Gasteiger charge is 2.22. The van der Waals surface area contributed by atoms with E-state index in [1.807, 2.05) is 13.0 Å². The Morgan fingerprint density at radius 3 is 2.94 bits per heavy atom. The van der Waals surface area contributed by atoms with Crippen LogP contribution in [0.15, 0.2) is 18.5 Å². The molecule has 1 aliphatic rings. The first-order valence-electron chi connectivity index (χ1n) is 4.80. The lowest BCUT2D eigenvalue weighted by Gasteiger charge is -2.11. The van der Waals surface area contributed by atoms with Gasteiger partial charge < -0.3 is 5.32 Å². The van der Waals surface area contributed by atoms with E-state index < -0.39 is 0 Å². The molecule has 4 nitrogen and oxygen atoms in total. The van der Waals surface area contributed by atoms with Gasteiger partial charge in [0.15, 0.2) is 0 Å². The first-order chi connectivity index (χ1) is 7.27. The molecule has 1 fully saturated rings. The Kier molecular flexibility index (Phi) is 7.54. The van der Waals surface area contributed by atoms with Crippen molar-refractivity contribution >= 4 is 48.2 Å². The van der Waals surface area contributed by atoms with E-state index in [9.17, 15) is 4.79 Å². The third-order valence-corrected chi connectivity index (χ3v) is 3.27. The molecule has 1 aromatic heterocycles. The van der Waals surface area contributed by atoms with Crippen molar-refractivity contribution in [3.8, 4) is 0 Å². The van der Waals surface area contributed by atoms with Gasteiger partial charge in [-0.3, -0.25) is 15.1 Å². The van der Waals surface area contributed by atoms with E-state index in [1.54, 1.807) is 24.2 Å². The van der Waals surface area contributed by atoms with Crippen LogP contribution in [0.1, 0.15) is 5.56 Å². The van der Waals surface area contributed by atoms with E-state index in [4.69, 9.17) is 0 Å². The van der Waals surface area contributed by atoms with Crippen molar-refractivity contribution in [3.05, 3.63) is 24.0 Å². The molecular formula is C10H15Cl2N3OS. The molecule has 7 heteroatoms. The van der Waals surface area contributed by atoms with Crippen LogP contribution in [0, 0.1) is 6.92 Å². The van der Waals surface area contributed by atoms with Crippen LogP contribution < -0.4 is 10.6 Å². The van der Waals surface area contributed by atoms with Crippen molar-refractivity contribution in [2.24, 2.45) is 0 Å². The Hall–Kier alpha value is -0.490. The van der Waals surface area contributed by atoms with Crippen LogP contribution in [0.4, 0.5) is 5.69 Å². The molecule has 17 heavy (non-hydrogen) atoms. The van der Waals surface area contributed by atoms with E-state index in [-0.39, 0.29) is 36.8 Å². The minimum atomic E-state index is -0.0744. The molecule has 0 radical (unpaired) electrons. The third kappa shape index (κ3) is 4.35. The van der Waals surface area contributed by atoms with E-state index in [1.165, 1.54) is 0 Å². The summed E-state index contributed by atoms with van der Waals surface area (Å²) in [5, 5.41) is 6.00. The van der Waals surface area contributed by atoms with E-state index in [0.717, 1.165) is 22.9 Å². The number of carbonyl (C=O) groups excluding carboxylic acids is 1. The summed E-state index contributed by atoms with van der Waals surface area (Å²) in [5.74, 6) is 1.71. The second-order valence-corrected chi connectivity index (χ2v) is 4.48. The van der Waals surface area contributed by atoms with Crippen LogP contribution in [0.25, 0.3) is 0 Å². The van der Waals surface area contributed by atoms with Gasteiger partial charge in [0, 0.05) is 17.8 Å². The molecule has 0 aromatic carbocycles. The number of nitrogens with one attached hydrogen (secondary N) is 2. The average molecular weight is 296 g/mol. The average Bonchev–Trinajstić information content (AvgIpc) is 2.74.